The van der Waals surface area contributed by atoms with Crippen LogP contribution in [0.4, 0.5) is 0 Å². The first-order chi connectivity index (χ1) is 9.35. The molecule has 0 radical (unpaired) electrons. The average Bonchev–Trinajstić information content (AvgIpc) is 2.50. The van der Waals surface area contributed by atoms with E-state index < -0.39 is 31.9 Å². The number of rotatable bonds is 6. The number of carboxylic acids is 1. The van der Waals surface area contributed by atoms with Gasteiger partial charge in [-0.1, -0.05) is 0 Å². The van der Waals surface area contributed by atoms with E-state index in [9.17, 15) is 21.6 Å². The maximum Gasteiger partial charge on any atom is 0.352 e. The van der Waals surface area contributed by atoms with Crippen LogP contribution in [-0.4, -0.2) is 50.9 Å². The topological polar surface area (TPSA) is 133 Å². The van der Waals surface area contributed by atoms with Crippen molar-refractivity contribution in [3.05, 3.63) is 17.0 Å². The Hall–Kier alpha value is -1.39. The van der Waals surface area contributed by atoms with Gasteiger partial charge in [-0.05, 0) is 20.8 Å². The lowest BCUT2D eigenvalue weighted by Gasteiger charge is -2.13. The van der Waals surface area contributed by atoms with Gasteiger partial charge in [0.2, 0.25) is 10.0 Å². The molecule has 0 amide bonds. The van der Waals surface area contributed by atoms with E-state index in [2.05, 4.69) is 9.71 Å². The highest BCUT2D eigenvalue weighted by atomic mass is 32.2. The Morgan fingerprint density at radius 2 is 1.81 bits per heavy atom. The zero-order valence-corrected chi connectivity index (χ0v) is 13.7. The van der Waals surface area contributed by atoms with Crippen LogP contribution in [0.5, 0.6) is 0 Å². The van der Waals surface area contributed by atoms with Crippen molar-refractivity contribution >= 4 is 25.8 Å². The molecule has 1 heterocycles. The first kappa shape index (κ1) is 17.7. The first-order valence-electron chi connectivity index (χ1n) is 5.97. The van der Waals surface area contributed by atoms with Gasteiger partial charge in [-0.2, -0.15) is 0 Å². The second-order valence-electron chi connectivity index (χ2n) is 5.00. The van der Waals surface area contributed by atoms with E-state index in [1.54, 1.807) is 0 Å². The van der Waals surface area contributed by atoms with E-state index >= 15 is 0 Å². The van der Waals surface area contributed by atoms with E-state index in [1.807, 2.05) is 0 Å². The number of aromatic carboxylic acids is 1. The van der Waals surface area contributed by atoms with Gasteiger partial charge in [-0.15, -0.1) is 0 Å². The number of carboxylic acid groups (broad SMARTS) is 1. The lowest BCUT2D eigenvalue weighted by atomic mass is 10.2. The predicted molar refractivity (Wildman–Crippen MR) is 76.7 cm³/mol. The largest absolute Gasteiger partial charge is 0.477 e. The molecule has 1 aromatic heterocycles. The standard InChI is InChI=1S/C11H18N2O6S2/c1-6(5-20(4,16)17)13-21(18,19)10-7(2)9(11(14)15)12-8(10)3/h6,12-13H,5H2,1-4H3,(H,14,15). The summed E-state index contributed by atoms with van der Waals surface area (Å²) in [6.45, 7) is 4.24. The molecule has 1 aromatic rings. The van der Waals surface area contributed by atoms with Crippen molar-refractivity contribution < 1.29 is 26.7 Å². The van der Waals surface area contributed by atoms with Gasteiger partial charge in [0, 0.05) is 23.6 Å². The van der Waals surface area contributed by atoms with Gasteiger partial charge in [0.15, 0.2) is 0 Å². The fraction of sp³-hybridized carbons (Fsp3) is 0.545. The number of nitrogens with one attached hydrogen (secondary N) is 2. The van der Waals surface area contributed by atoms with E-state index in [1.165, 1.54) is 20.8 Å². The van der Waals surface area contributed by atoms with Crippen LogP contribution in [0.3, 0.4) is 0 Å². The molecular weight excluding hydrogens is 320 g/mol. The van der Waals surface area contributed by atoms with Crippen molar-refractivity contribution in [3.63, 3.8) is 0 Å². The summed E-state index contributed by atoms with van der Waals surface area (Å²) in [7, 11) is -7.35. The molecule has 0 aliphatic heterocycles. The summed E-state index contributed by atoms with van der Waals surface area (Å²) in [5.41, 5.74) is 0.0617. The van der Waals surface area contributed by atoms with Gasteiger partial charge in [0.05, 0.1) is 5.75 Å². The van der Waals surface area contributed by atoms with Gasteiger partial charge in [-0.3, -0.25) is 0 Å². The van der Waals surface area contributed by atoms with E-state index in [0.717, 1.165) is 6.26 Å². The van der Waals surface area contributed by atoms with Gasteiger partial charge < -0.3 is 10.1 Å². The van der Waals surface area contributed by atoms with Crippen molar-refractivity contribution in [2.75, 3.05) is 12.0 Å². The number of aromatic amines is 1. The monoisotopic (exact) mass is 338 g/mol. The molecule has 0 aromatic carbocycles. The molecule has 1 atom stereocenters. The van der Waals surface area contributed by atoms with E-state index in [4.69, 9.17) is 5.11 Å². The molecule has 8 nitrogen and oxygen atoms in total. The highest BCUT2D eigenvalue weighted by Crippen LogP contribution is 2.23. The fourth-order valence-electron chi connectivity index (χ4n) is 2.16. The Morgan fingerprint density at radius 1 is 1.29 bits per heavy atom. The minimum absolute atomic E-state index is 0.0825. The van der Waals surface area contributed by atoms with Crippen LogP contribution >= 0.6 is 0 Å². The van der Waals surface area contributed by atoms with Crippen molar-refractivity contribution in [1.29, 1.82) is 0 Å². The molecule has 1 rings (SSSR count). The summed E-state index contributed by atoms with van der Waals surface area (Å²) >= 11 is 0. The summed E-state index contributed by atoms with van der Waals surface area (Å²) in [4.78, 5) is 13.3. The molecule has 0 aliphatic rings. The van der Waals surface area contributed by atoms with Crippen LogP contribution in [0.15, 0.2) is 4.90 Å². The quantitative estimate of drug-likeness (QED) is 0.670. The zero-order chi connectivity index (χ0) is 16.6. The molecule has 0 saturated carbocycles. The summed E-state index contributed by atoms with van der Waals surface area (Å²) in [5.74, 6) is -1.61. The molecule has 120 valence electrons. The minimum Gasteiger partial charge on any atom is -0.477 e. The normalized spacial score (nSPS) is 14.1. The van der Waals surface area contributed by atoms with Gasteiger partial charge in [-0.25, -0.2) is 26.4 Å². The minimum atomic E-state index is -4.01. The average molecular weight is 338 g/mol. The van der Waals surface area contributed by atoms with Crippen molar-refractivity contribution in [1.82, 2.24) is 9.71 Å². The molecule has 0 saturated heterocycles. The number of aryl methyl sites for hydroxylation is 1. The van der Waals surface area contributed by atoms with Crippen molar-refractivity contribution in [2.24, 2.45) is 0 Å². The summed E-state index contributed by atoms with van der Waals surface area (Å²) < 4.78 is 49.2. The van der Waals surface area contributed by atoms with Crippen LogP contribution in [0, 0.1) is 13.8 Å². The number of hydrogen-bond acceptors (Lipinski definition) is 5. The maximum atomic E-state index is 12.3. The number of sulfone groups is 1. The second-order valence-corrected chi connectivity index (χ2v) is 8.83. The van der Waals surface area contributed by atoms with E-state index in [-0.39, 0.29) is 27.6 Å². The van der Waals surface area contributed by atoms with Crippen LogP contribution in [0.2, 0.25) is 0 Å². The van der Waals surface area contributed by atoms with Crippen LogP contribution in [0.1, 0.15) is 28.7 Å². The molecule has 0 bridgehead atoms. The lowest BCUT2D eigenvalue weighted by molar-refractivity contribution is 0.0690. The first-order valence-corrected chi connectivity index (χ1v) is 9.52. The maximum absolute atomic E-state index is 12.3. The molecule has 10 heteroatoms. The predicted octanol–water partition coefficient (Wildman–Crippen LogP) is 0.0411. The Bertz CT molecular complexity index is 761. The van der Waals surface area contributed by atoms with Crippen molar-refractivity contribution in [2.45, 2.75) is 31.7 Å². The number of H-pyrrole nitrogens is 1. The highest BCUT2D eigenvalue weighted by Gasteiger charge is 2.28. The van der Waals surface area contributed by atoms with Gasteiger partial charge >= 0.3 is 5.97 Å². The molecule has 0 fully saturated rings. The lowest BCUT2D eigenvalue weighted by Crippen LogP contribution is -2.37. The highest BCUT2D eigenvalue weighted by molar-refractivity contribution is 7.91. The summed E-state index contributed by atoms with van der Waals surface area (Å²) in [5, 5.41) is 8.98. The Morgan fingerprint density at radius 3 is 2.19 bits per heavy atom. The Labute approximate surface area is 123 Å². The Kier molecular flexibility index (Phi) is 4.86. The zero-order valence-electron chi connectivity index (χ0n) is 12.1. The molecule has 1 unspecified atom stereocenters. The Balaban J connectivity index is 3.18. The SMILES string of the molecule is Cc1[nH]c(C(=O)O)c(C)c1S(=O)(=O)NC(C)CS(C)(=O)=O. The third-order valence-electron chi connectivity index (χ3n) is 2.76. The fourth-order valence-corrected chi connectivity index (χ4v) is 4.95. The third kappa shape index (κ3) is 4.29. The van der Waals surface area contributed by atoms with Crippen molar-refractivity contribution in [3.8, 4) is 0 Å². The molecular formula is C11H18N2O6S2. The third-order valence-corrected chi connectivity index (χ3v) is 5.73. The number of aromatic nitrogens is 1. The van der Waals surface area contributed by atoms with Gasteiger partial charge in [0.1, 0.15) is 20.4 Å². The van der Waals surface area contributed by atoms with E-state index in [0.29, 0.717) is 0 Å². The molecule has 0 spiro atoms. The number of carbonyl (C=O) groups is 1. The molecule has 21 heavy (non-hydrogen) atoms. The molecule has 3 N–H and O–H groups in total. The summed E-state index contributed by atoms with van der Waals surface area (Å²) in [6, 6.07) is -0.827. The number of sulfonamides is 1. The smallest absolute Gasteiger partial charge is 0.352 e. The van der Waals surface area contributed by atoms with Crippen LogP contribution < -0.4 is 4.72 Å². The van der Waals surface area contributed by atoms with Crippen LogP contribution in [0.25, 0.3) is 0 Å². The number of hydrogen-bond donors (Lipinski definition) is 3. The van der Waals surface area contributed by atoms with Gasteiger partial charge in [0.25, 0.3) is 0 Å². The van der Waals surface area contributed by atoms with Crippen LogP contribution in [-0.2, 0) is 19.9 Å². The summed E-state index contributed by atoms with van der Waals surface area (Å²) in [6.07, 6.45) is 1.01. The second kappa shape index (κ2) is 5.78. The molecule has 0 aliphatic carbocycles.